The molecule has 0 amide bonds. The van der Waals surface area contributed by atoms with Crippen molar-refractivity contribution in [2.75, 3.05) is 25.7 Å². The molecular weight excluding hydrogens is 296 g/mol. The minimum absolute atomic E-state index is 0.442. The Balaban J connectivity index is 2.30. The van der Waals surface area contributed by atoms with Crippen LogP contribution < -0.4 is 9.75 Å². The third-order valence-electron chi connectivity index (χ3n) is 4.32. The van der Waals surface area contributed by atoms with Gasteiger partial charge in [0, 0.05) is 20.1 Å². The third-order valence-corrected chi connectivity index (χ3v) is 4.32. The summed E-state index contributed by atoms with van der Waals surface area (Å²) in [6, 6.07) is 17.0. The molecule has 0 fully saturated rings. The fourth-order valence-corrected chi connectivity index (χ4v) is 2.96. The number of ether oxygens (including phenoxy) is 1. The lowest BCUT2D eigenvalue weighted by Crippen LogP contribution is -2.40. The van der Waals surface area contributed by atoms with Crippen molar-refractivity contribution in [3.05, 3.63) is 59.7 Å². The molecule has 0 aliphatic rings. The lowest BCUT2D eigenvalue weighted by atomic mass is 10.0. The zero-order chi connectivity index (χ0) is 17.5. The highest BCUT2D eigenvalue weighted by molar-refractivity contribution is 5.56. The summed E-state index contributed by atoms with van der Waals surface area (Å²) in [4.78, 5) is 0. The van der Waals surface area contributed by atoms with Gasteiger partial charge in [0.25, 0.3) is 0 Å². The lowest BCUT2D eigenvalue weighted by Gasteiger charge is -2.35. The van der Waals surface area contributed by atoms with E-state index >= 15 is 0 Å². The maximum Gasteiger partial charge on any atom is 0.119 e. The normalized spacial score (nSPS) is 11.1. The van der Waals surface area contributed by atoms with E-state index < -0.39 is 0 Å². The summed E-state index contributed by atoms with van der Waals surface area (Å²) in [7, 11) is 3.88. The van der Waals surface area contributed by atoms with Crippen molar-refractivity contribution in [3.63, 3.8) is 0 Å². The molecule has 2 rings (SSSR count). The highest BCUT2D eigenvalue weighted by Crippen LogP contribution is 2.31. The third kappa shape index (κ3) is 4.51. The van der Waals surface area contributed by atoms with Crippen LogP contribution in [-0.4, -0.2) is 25.7 Å². The van der Waals surface area contributed by atoms with Crippen molar-refractivity contribution in [1.29, 1.82) is 0 Å². The Morgan fingerprint density at radius 2 is 1.75 bits per heavy atom. The molecule has 3 heteroatoms. The summed E-state index contributed by atoms with van der Waals surface area (Å²) in [5, 5.41) is 4.70. The Labute approximate surface area is 146 Å². The first kappa shape index (κ1) is 18.3. The smallest absolute Gasteiger partial charge is 0.119 e. The van der Waals surface area contributed by atoms with Crippen LogP contribution in [0.15, 0.2) is 48.5 Å². The van der Waals surface area contributed by atoms with Gasteiger partial charge < -0.3 is 9.75 Å². The monoisotopic (exact) mass is 326 g/mol. The Morgan fingerprint density at radius 3 is 2.33 bits per heavy atom. The number of nitrogens with zero attached hydrogens (tertiary/aromatic N) is 2. The van der Waals surface area contributed by atoms with Gasteiger partial charge >= 0.3 is 0 Å². The molecule has 130 valence electrons. The van der Waals surface area contributed by atoms with Gasteiger partial charge in [-0.3, -0.25) is 0 Å². The van der Waals surface area contributed by atoms with Crippen molar-refractivity contribution >= 4 is 5.69 Å². The standard InChI is InChI=1S/C21H30N2O/c1-6-14-23(16-18-10-8-7-9-11-18)22(4)21-13-12-19(24-5)15-20(21)17(2)3/h7-13,15,17H,6,14,16H2,1-5H3. The van der Waals surface area contributed by atoms with E-state index in [4.69, 9.17) is 4.74 Å². The zero-order valence-electron chi connectivity index (χ0n) is 15.6. The fourth-order valence-electron chi connectivity index (χ4n) is 2.96. The lowest BCUT2D eigenvalue weighted by molar-refractivity contribution is 0.255. The molecule has 24 heavy (non-hydrogen) atoms. The van der Waals surface area contributed by atoms with Crippen LogP contribution in [0, 0.1) is 0 Å². The number of rotatable bonds is 8. The molecule has 0 saturated carbocycles. The predicted octanol–water partition coefficient (Wildman–Crippen LogP) is 5.08. The van der Waals surface area contributed by atoms with Crippen LogP contribution in [0.1, 0.15) is 44.2 Å². The molecule has 2 aromatic carbocycles. The molecule has 0 atom stereocenters. The van der Waals surface area contributed by atoms with Gasteiger partial charge in [0.1, 0.15) is 5.75 Å². The molecule has 0 radical (unpaired) electrons. The Morgan fingerprint density at radius 1 is 1.04 bits per heavy atom. The molecule has 0 aliphatic heterocycles. The van der Waals surface area contributed by atoms with Crippen molar-refractivity contribution in [1.82, 2.24) is 5.01 Å². The average Bonchev–Trinajstić information content (AvgIpc) is 2.61. The molecule has 0 heterocycles. The van der Waals surface area contributed by atoms with Gasteiger partial charge in [0.15, 0.2) is 0 Å². The fraction of sp³-hybridized carbons (Fsp3) is 0.429. The first-order valence-electron chi connectivity index (χ1n) is 8.77. The summed E-state index contributed by atoms with van der Waals surface area (Å²) in [5.41, 5.74) is 3.89. The molecule has 0 spiro atoms. The molecule has 2 aromatic rings. The Kier molecular flexibility index (Phi) is 6.68. The Bertz CT molecular complexity index is 625. The van der Waals surface area contributed by atoms with Crippen LogP contribution in [0.25, 0.3) is 0 Å². The summed E-state index contributed by atoms with van der Waals surface area (Å²) < 4.78 is 5.41. The van der Waals surface area contributed by atoms with Crippen LogP contribution in [0.3, 0.4) is 0 Å². The van der Waals surface area contributed by atoms with E-state index in [1.54, 1.807) is 7.11 Å². The van der Waals surface area contributed by atoms with E-state index in [-0.39, 0.29) is 0 Å². The van der Waals surface area contributed by atoms with Gasteiger partial charge in [-0.2, -0.15) is 0 Å². The zero-order valence-corrected chi connectivity index (χ0v) is 15.6. The molecule has 0 N–H and O–H groups in total. The molecule has 0 unspecified atom stereocenters. The van der Waals surface area contributed by atoms with Crippen molar-refractivity contribution in [2.24, 2.45) is 0 Å². The van der Waals surface area contributed by atoms with Gasteiger partial charge in [0.05, 0.1) is 12.8 Å². The highest BCUT2D eigenvalue weighted by Gasteiger charge is 2.17. The van der Waals surface area contributed by atoms with Crippen molar-refractivity contribution in [3.8, 4) is 5.75 Å². The number of hydrogen-bond donors (Lipinski definition) is 0. The van der Waals surface area contributed by atoms with E-state index in [0.29, 0.717) is 5.92 Å². The van der Waals surface area contributed by atoms with E-state index in [2.05, 4.69) is 80.3 Å². The van der Waals surface area contributed by atoms with Gasteiger partial charge in [-0.1, -0.05) is 51.1 Å². The van der Waals surface area contributed by atoms with E-state index in [1.165, 1.54) is 16.8 Å². The molecule has 0 aliphatic carbocycles. The summed E-state index contributed by atoms with van der Waals surface area (Å²) in [6.45, 7) is 8.62. The quantitative estimate of drug-likeness (QED) is 0.629. The number of methoxy groups -OCH3 is 1. The largest absolute Gasteiger partial charge is 0.497 e. The molecule has 0 saturated heterocycles. The minimum Gasteiger partial charge on any atom is -0.497 e. The molecular formula is C21H30N2O. The number of anilines is 1. The summed E-state index contributed by atoms with van der Waals surface area (Å²) in [5.74, 6) is 1.36. The second-order valence-corrected chi connectivity index (χ2v) is 6.48. The SMILES string of the molecule is CCCN(Cc1ccccc1)N(C)c1ccc(OC)cc1C(C)C. The van der Waals surface area contributed by atoms with Gasteiger partial charge in [0.2, 0.25) is 0 Å². The average molecular weight is 326 g/mol. The van der Waals surface area contributed by atoms with E-state index in [9.17, 15) is 0 Å². The van der Waals surface area contributed by atoms with Gasteiger partial charge in [-0.25, -0.2) is 5.01 Å². The van der Waals surface area contributed by atoms with Crippen molar-refractivity contribution in [2.45, 2.75) is 39.7 Å². The van der Waals surface area contributed by atoms with Gasteiger partial charge in [-0.15, -0.1) is 0 Å². The molecule has 3 nitrogen and oxygen atoms in total. The number of benzene rings is 2. The topological polar surface area (TPSA) is 15.7 Å². The van der Waals surface area contributed by atoms with Crippen LogP contribution >= 0.6 is 0 Å². The highest BCUT2D eigenvalue weighted by atomic mass is 16.5. The van der Waals surface area contributed by atoms with E-state index in [1.807, 2.05) is 6.07 Å². The maximum atomic E-state index is 5.41. The maximum absolute atomic E-state index is 5.41. The molecule has 0 bridgehead atoms. The Hall–Kier alpha value is -2.00. The van der Waals surface area contributed by atoms with Gasteiger partial charge in [-0.05, 0) is 41.7 Å². The van der Waals surface area contributed by atoms with Crippen LogP contribution in [0.4, 0.5) is 5.69 Å². The van der Waals surface area contributed by atoms with Crippen LogP contribution in [0.5, 0.6) is 5.75 Å². The second kappa shape index (κ2) is 8.74. The summed E-state index contributed by atoms with van der Waals surface area (Å²) in [6.07, 6.45) is 1.12. The minimum atomic E-state index is 0.442. The second-order valence-electron chi connectivity index (χ2n) is 6.48. The van der Waals surface area contributed by atoms with Crippen molar-refractivity contribution < 1.29 is 4.74 Å². The molecule has 0 aromatic heterocycles. The van der Waals surface area contributed by atoms with E-state index in [0.717, 1.165) is 25.3 Å². The predicted molar refractivity (Wildman–Crippen MR) is 103 cm³/mol. The van der Waals surface area contributed by atoms with Crippen LogP contribution in [-0.2, 0) is 6.54 Å². The first-order chi connectivity index (χ1) is 11.6. The first-order valence-corrected chi connectivity index (χ1v) is 8.77. The van der Waals surface area contributed by atoms with Crippen LogP contribution in [0.2, 0.25) is 0 Å². The number of hydrazine groups is 1. The summed E-state index contributed by atoms with van der Waals surface area (Å²) >= 11 is 0. The number of hydrogen-bond acceptors (Lipinski definition) is 3.